The lowest BCUT2D eigenvalue weighted by atomic mass is 10.1. The van der Waals surface area contributed by atoms with Crippen LogP contribution in [0.1, 0.15) is 19.8 Å². The monoisotopic (exact) mass is 289 g/mol. The summed E-state index contributed by atoms with van der Waals surface area (Å²) in [5, 5.41) is 0. The quantitative estimate of drug-likeness (QED) is 0.830. The first kappa shape index (κ1) is 14.1. The van der Waals surface area contributed by atoms with Crippen molar-refractivity contribution in [1.82, 2.24) is 14.9 Å². The Hall–Kier alpha value is -1.85. The highest BCUT2D eigenvalue weighted by Gasteiger charge is 2.25. The molecule has 6 nitrogen and oxygen atoms in total. The van der Waals surface area contributed by atoms with Gasteiger partial charge in [-0.25, -0.2) is 9.97 Å². The molecule has 0 N–H and O–H groups in total. The van der Waals surface area contributed by atoms with Crippen molar-refractivity contribution in [2.45, 2.75) is 19.8 Å². The molecule has 1 aromatic rings. The number of amides is 1. The molecule has 0 radical (unpaired) electrons. The molecule has 114 valence electrons. The number of rotatable bonds is 3. The molecular formula is C15H23N5O. The lowest BCUT2D eigenvalue weighted by Crippen LogP contribution is -2.48. The van der Waals surface area contributed by atoms with Crippen LogP contribution in [0, 0.1) is 5.92 Å². The van der Waals surface area contributed by atoms with Crippen LogP contribution in [0.3, 0.4) is 0 Å². The van der Waals surface area contributed by atoms with E-state index < -0.39 is 0 Å². The fraction of sp³-hybridized carbons (Fsp3) is 0.667. The normalized spacial score (nSPS) is 23.0. The summed E-state index contributed by atoms with van der Waals surface area (Å²) in [4.78, 5) is 26.7. The van der Waals surface area contributed by atoms with Gasteiger partial charge in [0.2, 0.25) is 5.91 Å². The minimum absolute atomic E-state index is 0.147. The van der Waals surface area contributed by atoms with E-state index in [9.17, 15) is 4.79 Å². The van der Waals surface area contributed by atoms with Gasteiger partial charge in [0.05, 0.1) is 6.54 Å². The van der Waals surface area contributed by atoms with Crippen LogP contribution in [-0.4, -0.2) is 60.5 Å². The second-order valence-electron chi connectivity index (χ2n) is 5.98. The molecule has 2 saturated heterocycles. The minimum atomic E-state index is 0.147. The van der Waals surface area contributed by atoms with Crippen molar-refractivity contribution in [3.8, 4) is 0 Å². The fourth-order valence-electron chi connectivity index (χ4n) is 3.01. The van der Waals surface area contributed by atoms with Gasteiger partial charge in [-0.15, -0.1) is 0 Å². The maximum absolute atomic E-state index is 11.8. The van der Waals surface area contributed by atoms with Crippen LogP contribution in [0.4, 0.5) is 11.6 Å². The summed E-state index contributed by atoms with van der Waals surface area (Å²) in [5.41, 5.74) is 0. The third kappa shape index (κ3) is 2.94. The first-order valence-corrected chi connectivity index (χ1v) is 7.73. The van der Waals surface area contributed by atoms with E-state index in [1.54, 1.807) is 11.2 Å². The van der Waals surface area contributed by atoms with Crippen molar-refractivity contribution < 1.29 is 4.79 Å². The van der Waals surface area contributed by atoms with Gasteiger partial charge in [0.25, 0.3) is 0 Å². The van der Waals surface area contributed by atoms with Crippen molar-refractivity contribution >= 4 is 17.5 Å². The van der Waals surface area contributed by atoms with Crippen molar-refractivity contribution in [3.63, 3.8) is 0 Å². The van der Waals surface area contributed by atoms with Crippen LogP contribution in [0.5, 0.6) is 0 Å². The average molecular weight is 289 g/mol. The molecule has 1 unspecified atom stereocenters. The second-order valence-corrected chi connectivity index (χ2v) is 5.98. The highest BCUT2D eigenvalue weighted by atomic mass is 16.2. The number of likely N-dealkylation sites (N-methyl/N-ethyl adjacent to an activating group) is 1. The molecule has 0 bridgehead atoms. The van der Waals surface area contributed by atoms with Gasteiger partial charge in [-0.2, -0.15) is 0 Å². The van der Waals surface area contributed by atoms with Gasteiger partial charge in [-0.3, -0.25) is 4.79 Å². The number of hydrogen-bond donors (Lipinski definition) is 0. The van der Waals surface area contributed by atoms with Crippen LogP contribution >= 0.6 is 0 Å². The standard InChI is InChI=1S/C15H23N5O/c1-3-12-4-5-19(9-12)13-8-14(17-11-16-13)20-7-6-18(2)15(21)10-20/h8,11-12H,3-7,9-10H2,1-2H3. The van der Waals surface area contributed by atoms with Crippen molar-refractivity contribution in [2.75, 3.05) is 49.6 Å². The summed E-state index contributed by atoms with van der Waals surface area (Å²) in [6, 6.07) is 2.02. The first-order valence-electron chi connectivity index (χ1n) is 7.73. The highest BCUT2D eigenvalue weighted by molar-refractivity contribution is 5.82. The van der Waals surface area contributed by atoms with Crippen molar-refractivity contribution in [1.29, 1.82) is 0 Å². The predicted octanol–water partition coefficient (Wildman–Crippen LogP) is 0.991. The van der Waals surface area contributed by atoms with Crippen LogP contribution in [-0.2, 0) is 4.79 Å². The van der Waals surface area contributed by atoms with Gasteiger partial charge in [0, 0.05) is 39.3 Å². The smallest absolute Gasteiger partial charge is 0.241 e. The average Bonchev–Trinajstić information content (AvgIpc) is 2.99. The zero-order valence-corrected chi connectivity index (χ0v) is 12.8. The van der Waals surface area contributed by atoms with Crippen molar-refractivity contribution in [2.24, 2.45) is 5.92 Å². The summed E-state index contributed by atoms with van der Waals surface area (Å²) in [6.07, 6.45) is 4.08. The van der Waals surface area contributed by atoms with Gasteiger partial charge < -0.3 is 14.7 Å². The van der Waals surface area contributed by atoms with E-state index in [4.69, 9.17) is 0 Å². The summed E-state index contributed by atoms with van der Waals surface area (Å²) < 4.78 is 0. The zero-order valence-electron chi connectivity index (χ0n) is 12.8. The Kier molecular flexibility index (Phi) is 3.94. The van der Waals surface area contributed by atoms with Crippen LogP contribution in [0.15, 0.2) is 12.4 Å². The van der Waals surface area contributed by atoms with Gasteiger partial charge in [-0.05, 0) is 12.3 Å². The Morgan fingerprint density at radius 3 is 2.62 bits per heavy atom. The molecule has 21 heavy (non-hydrogen) atoms. The van der Waals surface area contributed by atoms with E-state index in [2.05, 4.69) is 21.8 Å². The molecule has 3 rings (SSSR count). The summed E-state index contributed by atoms with van der Waals surface area (Å²) in [6.45, 7) is 6.38. The van der Waals surface area contributed by atoms with E-state index in [0.717, 1.165) is 43.7 Å². The molecule has 1 amide bonds. The first-order chi connectivity index (χ1) is 10.2. The fourth-order valence-corrected chi connectivity index (χ4v) is 3.01. The lowest BCUT2D eigenvalue weighted by Gasteiger charge is -2.33. The molecule has 1 aromatic heterocycles. The molecule has 3 heterocycles. The molecule has 0 aliphatic carbocycles. The number of hydrogen-bond acceptors (Lipinski definition) is 5. The van der Waals surface area contributed by atoms with Gasteiger partial charge in [0.15, 0.2) is 0 Å². The van der Waals surface area contributed by atoms with Crippen LogP contribution in [0.2, 0.25) is 0 Å². The largest absolute Gasteiger partial charge is 0.356 e. The third-order valence-corrected chi connectivity index (χ3v) is 4.61. The Labute approximate surface area is 125 Å². The number of aromatic nitrogens is 2. The number of carbonyl (C=O) groups excluding carboxylic acids is 1. The number of nitrogens with zero attached hydrogens (tertiary/aromatic N) is 5. The maximum atomic E-state index is 11.8. The molecule has 2 fully saturated rings. The molecule has 0 spiro atoms. The molecule has 2 aliphatic heterocycles. The lowest BCUT2D eigenvalue weighted by molar-refractivity contribution is -0.129. The van der Waals surface area contributed by atoms with Crippen molar-refractivity contribution in [3.05, 3.63) is 12.4 Å². The van der Waals surface area contributed by atoms with E-state index in [1.165, 1.54) is 12.8 Å². The molecule has 1 atom stereocenters. The van der Waals surface area contributed by atoms with Crippen LogP contribution < -0.4 is 9.80 Å². The molecule has 2 aliphatic rings. The van der Waals surface area contributed by atoms with Crippen LogP contribution in [0.25, 0.3) is 0 Å². The number of piperazine rings is 1. The highest BCUT2D eigenvalue weighted by Crippen LogP contribution is 2.26. The van der Waals surface area contributed by atoms with Gasteiger partial charge in [-0.1, -0.05) is 13.3 Å². The third-order valence-electron chi connectivity index (χ3n) is 4.61. The van der Waals surface area contributed by atoms with Gasteiger partial charge >= 0.3 is 0 Å². The molecule has 6 heteroatoms. The number of anilines is 2. The Morgan fingerprint density at radius 1 is 1.19 bits per heavy atom. The Morgan fingerprint density at radius 2 is 1.95 bits per heavy atom. The van der Waals surface area contributed by atoms with E-state index in [1.807, 2.05) is 18.0 Å². The number of carbonyl (C=O) groups is 1. The summed E-state index contributed by atoms with van der Waals surface area (Å²) in [7, 11) is 1.85. The minimum Gasteiger partial charge on any atom is -0.356 e. The maximum Gasteiger partial charge on any atom is 0.241 e. The molecular weight excluding hydrogens is 266 g/mol. The Bertz CT molecular complexity index is 521. The topological polar surface area (TPSA) is 52.6 Å². The van der Waals surface area contributed by atoms with E-state index in [0.29, 0.717) is 6.54 Å². The second kappa shape index (κ2) is 5.87. The molecule has 0 aromatic carbocycles. The SMILES string of the molecule is CCC1CCN(c2cc(N3CCN(C)C(=O)C3)ncn2)C1. The zero-order chi connectivity index (χ0) is 14.8. The summed E-state index contributed by atoms with van der Waals surface area (Å²) >= 11 is 0. The van der Waals surface area contributed by atoms with E-state index >= 15 is 0 Å². The summed E-state index contributed by atoms with van der Waals surface area (Å²) in [5.74, 6) is 2.77. The molecule has 0 saturated carbocycles. The van der Waals surface area contributed by atoms with Gasteiger partial charge in [0.1, 0.15) is 18.0 Å². The Balaban J connectivity index is 1.73. The van der Waals surface area contributed by atoms with E-state index in [-0.39, 0.29) is 5.91 Å². The predicted molar refractivity (Wildman–Crippen MR) is 82.5 cm³/mol.